The number of benzene rings is 3. The Hall–Kier alpha value is -2.75. The van der Waals surface area contributed by atoms with Crippen LogP contribution in [-0.4, -0.2) is 5.91 Å². The third-order valence-corrected chi connectivity index (χ3v) is 5.82. The largest absolute Gasteiger partial charge is 0.457 e. The van der Waals surface area contributed by atoms with E-state index in [0.29, 0.717) is 21.5 Å². The first-order chi connectivity index (χ1) is 14.8. The molecule has 3 rings (SSSR count). The molecule has 3 aromatic carbocycles. The van der Waals surface area contributed by atoms with E-state index in [-0.39, 0.29) is 11.3 Å². The first kappa shape index (κ1) is 22.9. The molecule has 0 saturated heterocycles. The van der Waals surface area contributed by atoms with Crippen LogP contribution in [0.3, 0.4) is 0 Å². The van der Waals surface area contributed by atoms with E-state index in [1.54, 1.807) is 36.4 Å². The van der Waals surface area contributed by atoms with Crippen molar-refractivity contribution in [2.45, 2.75) is 32.6 Å². The molecule has 31 heavy (non-hydrogen) atoms. The fraction of sp³-hybridized carbons (Fsp3) is 0.192. The normalized spacial score (nSPS) is 11.5. The van der Waals surface area contributed by atoms with E-state index in [9.17, 15) is 4.79 Å². The number of hydrogen-bond acceptors (Lipinski definition) is 2. The van der Waals surface area contributed by atoms with Gasteiger partial charge in [-0.15, -0.1) is 0 Å². The van der Waals surface area contributed by atoms with E-state index in [1.807, 2.05) is 24.3 Å². The predicted octanol–water partition coefficient (Wildman–Crippen LogP) is 8.13. The second kappa shape index (κ2) is 10.0. The number of nitrogens with one attached hydrogen (secondary N) is 1. The standard InChI is InChI=1S/C26H25Cl2NO2/c1-4-26(2,3)19-7-12-22(13-8-19)31-23-14-10-21(11-15-23)29-25(30)16-6-18-5-9-20(27)17-24(18)28/h5-17H,4H2,1-3H3,(H,29,30)/b16-6+. The number of amides is 1. The zero-order valence-electron chi connectivity index (χ0n) is 17.8. The Morgan fingerprint density at radius 1 is 0.968 bits per heavy atom. The van der Waals surface area contributed by atoms with Crippen molar-refractivity contribution < 1.29 is 9.53 Å². The molecule has 0 unspecified atom stereocenters. The number of hydrogen-bond donors (Lipinski definition) is 1. The number of halogens is 2. The van der Waals surface area contributed by atoms with E-state index in [1.165, 1.54) is 11.6 Å². The molecule has 0 fully saturated rings. The van der Waals surface area contributed by atoms with Gasteiger partial charge in [0.05, 0.1) is 0 Å². The van der Waals surface area contributed by atoms with Gasteiger partial charge in [-0.3, -0.25) is 4.79 Å². The van der Waals surface area contributed by atoms with Gasteiger partial charge in [-0.25, -0.2) is 0 Å². The number of anilines is 1. The van der Waals surface area contributed by atoms with Gasteiger partial charge in [0.1, 0.15) is 11.5 Å². The monoisotopic (exact) mass is 453 g/mol. The Labute approximate surface area is 193 Å². The molecular formula is C26H25Cl2NO2. The molecule has 0 aromatic heterocycles. The van der Waals surface area contributed by atoms with Crippen molar-refractivity contribution in [3.8, 4) is 11.5 Å². The zero-order chi connectivity index (χ0) is 22.4. The summed E-state index contributed by atoms with van der Waals surface area (Å²) in [7, 11) is 0. The lowest BCUT2D eigenvalue weighted by molar-refractivity contribution is -0.111. The van der Waals surface area contributed by atoms with Gasteiger partial charge >= 0.3 is 0 Å². The van der Waals surface area contributed by atoms with Crippen LogP contribution in [0.15, 0.2) is 72.8 Å². The highest BCUT2D eigenvalue weighted by Gasteiger charge is 2.17. The first-order valence-corrected chi connectivity index (χ1v) is 10.8. The lowest BCUT2D eigenvalue weighted by Gasteiger charge is -2.23. The summed E-state index contributed by atoms with van der Waals surface area (Å²) in [6, 6.07) is 20.5. The van der Waals surface area contributed by atoms with Crippen LogP contribution in [0.5, 0.6) is 11.5 Å². The molecule has 160 valence electrons. The van der Waals surface area contributed by atoms with Gasteiger partial charge in [0.2, 0.25) is 5.91 Å². The topological polar surface area (TPSA) is 38.3 Å². The SMILES string of the molecule is CCC(C)(C)c1ccc(Oc2ccc(NC(=O)/C=C/c3ccc(Cl)cc3Cl)cc2)cc1. The Morgan fingerprint density at radius 2 is 1.58 bits per heavy atom. The fourth-order valence-corrected chi connectivity index (χ4v) is 3.38. The second-order valence-electron chi connectivity index (χ2n) is 7.88. The van der Waals surface area contributed by atoms with Gasteiger partial charge in [0.15, 0.2) is 0 Å². The summed E-state index contributed by atoms with van der Waals surface area (Å²) in [6.07, 6.45) is 4.15. The number of carbonyl (C=O) groups excluding carboxylic acids is 1. The Kier molecular flexibility index (Phi) is 7.42. The van der Waals surface area contributed by atoms with Gasteiger partial charge in [0, 0.05) is 21.8 Å². The molecule has 0 aliphatic carbocycles. The van der Waals surface area contributed by atoms with Gasteiger partial charge in [0.25, 0.3) is 0 Å². The maximum absolute atomic E-state index is 12.2. The molecule has 0 saturated carbocycles. The molecular weight excluding hydrogens is 429 g/mol. The maximum Gasteiger partial charge on any atom is 0.248 e. The third kappa shape index (κ3) is 6.36. The molecule has 0 atom stereocenters. The molecule has 0 bridgehead atoms. The van der Waals surface area contributed by atoms with Crippen LogP contribution in [0.4, 0.5) is 5.69 Å². The molecule has 0 aliphatic heterocycles. The molecule has 0 radical (unpaired) electrons. The van der Waals surface area contributed by atoms with Gasteiger partial charge in [-0.2, -0.15) is 0 Å². The summed E-state index contributed by atoms with van der Waals surface area (Å²) in [5.41, 5.74) is 2.82. The van der Waals surface area contributed by atoms with Crippen molar-refractivity contribution in [1.29, 1.82) is 0 Å². The van der Waals surface area contributed by atoms with Gasteiger partial charge in [-0.05, 0) is 77.6 Å². The van der Waals surface area contributed by atoms with Gasteiger partial charge < -0.3 is 10.1 Å². The number of ether oxygens (including phenoxy) is 1. The summed E-state index contributed by atoms with van der Waals surface area (Å²) in [4.78, 5) is 12.2. The van der Waals surface area contributed by atoms with Crippen LogP contribution in [0, 0.1) is 0 Å². The van der Waals surface area contributed by atoms with Crippen LogP contribution in [-0.2, 0) is 10.2 Å². The second-order valence-corrected chi connectivity index (χ2v) is 8.72. The van der Waals surface area contributed by atoms with Crippen LogP contribution in [0.2, 0.25) is 10.0 Å². The van der Waals surface area contributed by atoms with Gasteiger partial charge in [-0.1, -0.05) is 62.2 Å². The smallest absolute Gasteiger partial charge is 0.248 e. The van der Waals surface area contributed by atoms with E-state index < -0.39 is 0 Å². The molecule has 3 nitrogen and oxygen atoms in total. The molecule has 1 amide bonds. The number of carbonyl (C=O) groups is 1. The lowest BCUT2D eigenvalue weighted by Crippen LogP contribution is -2.14. The summed E-state index contributed by atoms with van der Waals surface area (Å²) in [6.45, 7) is 6.65. The fourth-order valence-electron chi connectivity index (χ4n) is 2.91. The predicted molar refractivity (Wildman–Crippen MR) is 130 cm³/mol. The molecule has 3 aromatic rings. The highest BCUT2D eigenvalue weighted by Crippen LogP contribution is 2.30. The Morgan fingerprint density at radius 3 is 2.16 bits per heavy atom. The molecule has 1 N–H and O–H groups in total. The molecule has 0 aliphatic rings. The average molecular weight is 454 g/mol. The third-order valence-electron chi connectivity index (χ3n) is 5.25. The van der Waals surface area contributed by atoms with E-state index in [4.69, 9.17) is 27.9 Å². The molecule has 5 heteroatoms. The van der Waals surface area contributed by atoms with E-state index in [0.717, 1.165) is 17.7 Å². The lowest BCUT2D eigenvalue weighted by atomic mass is 9.82. The maximum atomic E-state index is 12.2. The van der Waals surface area contributed by atoms with E-state index in [2.05, 4.69) is 38.2 Å². The summed E-state index contributed by atoms with van der Waals surface area (Å²) >= 11 is 12.0. The summed E-state index contributed by atoms with van der Waals surface area (Å²) in [5, 5.41) is 3.85. The molecule has 0 spiro atoms. The van der Waals surface area contributed by atoms with Crippen molar-refractivity contribution in [2.75, 3.05) is 5.32 Å². The van der Waals surface area contributed by atoms with Crippen molar-refractivity contribution in [2.24, 2.45) is 0 Å². The highest BCUT2D eigenvalue weighted by molar-refractivity contribution is 6.35. The zero-order valence-corrected chi connectivity index (χ0v) is 19.3. The minimum atomic E-state index is -0.256. The summed E-state index contributed by atoms with van der Waals surface area (Å²) < 4.78 is 5.92. The number of rotatable bonds is 7. The van der Waals surface area contributed by atoms with Crippen LogP contribution in [0.1, 0.15) is 38.3 Å². The minimum absolute atomic E-state index is 0.145. The first-order valence-electron chi connectivity index (χ1n) is 10.1. The molecule has 0 heterocycles. The highest BCUT2D eigenvalue weighted by atomic mass is 35.5. The van der Waals surface area contributed by atoms with Crippen molar-refractivity contribution in [3.63, 3.8) is 0 Å². The van der Waals surface area contributed by atoms with Crippen molar-refractivity contribution in [3.05, 3.63) is 94.0 Å². The quantitative estimate of drug-likeness (QED) is 0.366. The minimum Gasteiger partial charge on any atom is -0.457 e. The average Bonchev–Trinajstić information content (AvgIpc) is 2.75. The summed E-state index contributed by atoms with van der Waals surface area (Å²) in [5.74, 6) is 1.22. The van der Waals surface area contributed by atoms with Crippen LogP contribution >= 0.6 is 23.2 Å². The Bertz CT molecular complexity index is 1070. The van der Waals surface area contributed by atoms with Crippen LogP contribution < -0.4 is 10.1 Å². The van der Waals surface area contributed by atoms with Crippen molar-refractivity contribution >= 4 is 40.9 Å². The Balaban J connectivity index is 1.58. The van der Waals surface area contributed by atoms with Crippen molar-refractivity contribution in [1.82, 2.24) is 0 Å². The van der Waals surface area contributed by atoms with Crippen LogP contribution in [0.25, 0.3) is 6.08 Å². The van der Waals surface area contributed by atoms with E-state index >= 15 is 0 Å².